The molecule has 0 spiro atoms. The van der Waals surface area contributed by atoms with Gasteiger partial charge in [-0.05, 0) is 0 Å². The summed E-state index contributed by atoms with van der Waals surface area (Å²) in [6.45, 7) is -0.610. The van der Waals surface area contributed by atoms with Gasteiger partial charge in [0.1, 0.15) is 5.15 Å². The molecule has 0 aliphatic rings. The maximum Gasteiger partial charge on any atom is 0.417 e. The molecule has 1 heterocycles. The molecule has 0 aromatic carbocycles. The molecule has 0 saturated carbocycles. The van der Waals surface area contributed by atoms with Gasteiger partial charge in [0.05, 0.1) is 5.56 Å². The zero-order valence-electron chi connectivity index (χ0n) is 7.65. The van der Waals surface area contributed by atoms with Crippen molar-refractivity contribution in [2.75, 3.05) is 0 Å². The first-order valence-electron chi connectivity index (χ1n) is 4.01. The summed E-state index contributed by atoms with van der Waals surface area (Å²) in [5.41, 5.74) is 1.72. The number of aromatic nitrogens is 1. The smallest absolute Gasteiger partial charge is 0.326 e. The number of nitrogens with two attached hydrogens (primary N) is 1. The molecular formula is C8H6ClF5N2. The molecule has 0 fully saturated rings. The van der Waals surface area contributed by atoms with E-state index in [4.69, 9.17) is 17.3 Å². The average Bonchev–Trinajstić information content (AvgIpc) is 2.15. The highest BCUT2D eigenvalue weighted by atomic mass is 35.5. The van der Waals surface area contributed by atoms with Gasteiger partial charge in [-0.3, -0.25) is 0 Å². The minimum absolute atomic E-state index is 0.412. The molecular weight excluding hydrogens is 255 g/mol. The molecule has 1 rings (SSSR count). The van der Waals surface area contributed by atoms with Gasteiger partial charge in [0.2, 0.25) is 0 Å². The van der Waals surface area contributed by atoms with E-state index in [1.807, 2.05) is 0 Å². The molecule has 0 unspecified atom stereocenters. The Labute approximate surface area is 92.2 Å². The Kier molecular flexibility index (Phi) is 3.69. The Morgan fingerprint density at radius 3 is 2.31 bits per heavy atom. The topological polar surface area (TPSA) is 38.9 Å². The highest BCUT2D eigenvalue weighted by molar-refractivity contribution is 6.30. The van der Waals surface area contributed by atoms with Gasteiger partial charge in [-0.25, -0.2) is 13.8 Å². The Morgan fingerprint density at radius 1 is 1.38 bits per heavy atom. The third kappa shape index (κ3) is 2.41. The van der Waals surface area contributed by atoms with E-state index in [0.717, 1.165) is 0 Å². The number of hydrogen-bond donors (Lipinski definition) is 1. The fourth-order valence-electron chi connectivity index (χ4n) is 1.23. The van der Waals surface area contributed by atoms with Gasteiger partial charge in [0.15, 0.2) is 0 Å². The molecule has 90 valence electrons. The van der Waals surface area contributed by atoms with Crippen LogP contribution in [-0.4, -0.2) is 4.98 Å². The lowest BCUT2D eigenvalue weighted by Gasteiger charge is -2.16. The first kappa shape index (κ1) is 13.1. The monoisotopic (exact) mass is 260 g/mol. The Bertz CT molecular complexity index is 391. The number of halogens is 6. The van der Waals surface area contributed by atoms with Crippen LogP contribution in [0.2, 0.25) is 5.15 Å². The molecule has 2 N–H and O–H groups in total. The molecule has 0 bridgehead atoms. The largest absolute Gasteiger partial charge is 0.417 e. The molecule has 0 amide bonds. The lowest BCUT2D eigenvalue weighted by atomic mass is 10.0. The first-order valence-corrected chi connectivity index (χ1v) is 4.39. The third-order valence-corrected chi connectivity index (χ3v) is 2.20. The molecule has 8 heteroatoms. The van der Waals surface area contributed by atoms with Crippen molar-refractivity contribution in [1.29, 1.82) is 0 Å². The Hall–Kier alpha value is -0.950. The van der Waals surface area contributed by atoms with Crippen molar-refractivity contribution >= 4 is 11.6 Å². The molecule has 0 aliphatic heterocycles. The van der Waals surface area contributed by atoms with Gasteiger partial charge >= 0.3 is 6.18 Å². The van der Waals surface area contributed by atoms with Crippen molar-refractivity contribution in [3.05, 3.63) is 28.0 Å². The van der Waals surface area contributed by atoms with E-state index in [0.29, 0.717) is 6.20 Å². The minimum atomic E-state index is -4.94. The second-order valence-corrected chi connectivity index (χ2v) is 3.22. The fraction of sp³-hybridized carbons (Fsp3) is 0.375. The van der Waals surface area contributed by atoms with E-state index < -0.39 is 41.0 Å². The van der Waals surface area contributed by atoms with Crippen LogP contribution < -0.4 is 5.73 Å². The van der Waals surface area contributed by atoms with Crippen LogP contribution in [0.5, 0.6) is 0 Å². The predicted octanol–water partition coefficient (Wildman–Crippen LogP) is 3.15. The summed E-state index contributed by atoms with van der Waals surface area (Å²) in [4.78, 5) is 3.25. The second kappa shape index (κ2) is 4.50. The molecule has 0 atom stereocenters. The summed E-state index contributed by atoms with van der Waals surface area (Å²) in [5.74, 6) is 0. The van der Waals surface area contributed by atoms with Gasteiger partial charge < -0.3 is 5.73 Å². The van der Waals surface area contributed by atoms with E-state index in [2.05, 4.69) is 4.98 Å². The van der Waals surface area contributed by atoms with Crippen molar-refractivity contribution in [1.82, 2.24) is 4.98 Å². The summed E-state index contributed by atoms with van der Waals surface area (Å²) in [5, 5.41) is -0.515. The van der Waals surface area contributed by atoms with Crippen molar-refractivity contribution in [2.24, 2.45) is 5.73 Å². The molecule has 0 aliphatic carbocycles. The Balaban J connectivity index is 3.54. The fourth-order valence-corrected chi connectivity index (χ4v) is 1.45. The van der Waals surface area contributed by atoms with Crippen LogP contribution in [0.25, 0.3) is 0 Å². The van der Waals surface area contributed by atoms with E-state index >= 15 is 0 Å². The van der Waals surface area contributed by atoms with E-state index in [-0.39, 0.29) is 0 Å². The van der Waals surface area contributed by atoms with Crippen LogP contribution in [0.4, 0.5) is 22.0 Å². The number of hydrogen-bond acceptors (Lipinski definition) is 2. The van der Waals surface area contributed by atoms with Crippen LogP contribution in [0.15, 0.2) is 6.20 Å². The van der Waals surface area contributed by atoms with Gasteiger partial charge in [-0.15, -0.1) is 0 Å². The van der Waals surface area contributed by atoms with Crippen LogP contribution in [-0.2, 0) is 12.7 Å². The highest BCUT2D eigenvalue weighted by Crippen LogP contribution is 2.39. The average molecular weight is 261 g/mol. The number of rotatable bonds is 2. The van der Waals surface area contributed by atoms with Gasteiger partial charge in [0, 0.05) is 23.9 Å². The van der Waals surface area contributed by atoms with E-state index in [1.165, 1.54) is 0 Å². The van der Waals surface area contributed by atoms with Crippen molar-refractivity contribution < 1.29 is 22.0 Å². The lowest BCUT2D eigenvalue weighted by molar-refractivity contribution is -0.140. The molecule has 16 heavy (non-hydrogen) atoms. The lowest BCUT2D eigenvalue weighted by Crippen LogP contribution is -2.17. The van der Waals surface area contributed by atoms with Gasteiger partial charge in [-0.1, -0.05) is 11.6 Å². The number of alkyl halides is 5. The maximum atomic E-state index is 12.6. The SMILES string of the molecule is NCc1c(Cl)ncc(C(F)F)c1C(F)(F)F. The van der Waals surface area contributed by atoms with E-state index in [1.54, 1.807) is 0 Å². The number of pyridine rings is 1. The van der Waals surface area contributed by atoms with Gasteiger partial charge in [-0.2, -0.15) is 13.2 Å². The molecule has 1 aromatic heterocycles. The van der Waals surface area contributed by atoms with Crippen molar-refractivity contribution in [2.45, 2.75) is 19.1 Å². The molecule has 0 saturated heterocycles. The summed E-state index contributed by atoms with van der Waals surface area (Å²) in [6, 6.07) is 0. The number of nitrogens with zero attached hydrogens (tertiary/aromatic N) is 1. The normalized spacial score (nSPS) is 12.2. The maximum absolute atomic E-state index is 12.6. The predicted molar refractivity (Wildman–Crippen MR) is 47.1 cm³/mol. The van der Waals surface area contributed by atoms with Crippen LogP contribution in [0, 0.1) is 0 Å². The molecule has 0 radical (unpaired) electrons. The van der Waals surface area contributed by atoms with Crippen LogP contribution in [0.3, 0.4) is 0 Å². The first-order chi connectivity index (χ1) is 7.29. The third-order valence-electron chi connectivity index (χ3n) is 1.88. The zero-order valence-corrected chi connectivity index (χ0v) is 8.41. The Morgan fingerprint density at radius 2 is 1.94 bits per heavy atom. The van der Waals surface area contributed by atoms with Crippen molar-refractivity contribution in [3.8, 4) is 0 Å². The molecule has 2 nitrogen and oxygen atoms in total. The van der Waals surface area contributed by atoms with Crippen LogP contribution in [0.1, 0.15) is 23.1 Å². The second-order valence-electron chi connectivity index (χ2n) is 2.86. The van der Waals surface area contributed by atoms with E-state index in [9.17, 15) is 22.0 Å². The van der Waals surface area contributed by atoms with Gasteiger partial charge in [0.25, 0.3) is 6.43 Å². The summed E-state index contributed by atoms with van der Waals surface area (Å²) in [7, 11) is 0. The zero-order chi connectivity index (χ0) is 12.5. The summed E-state index contributed by atoms with van der Waals surface area (Å²) >= 11 is 5.38. The summed E-state index contributed by atoms with van der Waals surface area (Å²) < 4.78 is 62.4. The quantitative estimate of drug-likeness (QED) is 0.655. The minimum Gasteiger partial charge on any atom is -0.326 e. The highest BCUT2D eigenvalue weighted by Gasteiger charge is 2.39. The van der Waals surface area contributed by atoms with Crippen molar-refractivity contribution in [3.63, 3.8) is 0 Å². The molecule has 1 aromatic rings. The van der Waals surface area contributed by atoms with Crippen LogP contribution >= 0.6 is 11.6 Å². The summed E-state index contributed by atoms with van der Waals surface area (Å²) in [6.07, 6.45) is -7.81. The standard InChI is InChI=1S/C8H6ClF5N2/c9-6-3(1-15)5(8(12,13)14)4(2-16-6)7(10)11/h2,7H,1,15H2.